The maximum Gasteiger partial charge on any atom is 0.0244 e. The van der Waals surface area contributed by atoms with Crippen LogP contribution < -0.4 is 0 Å². The van der Waals surface area contributed by atoms with Gasteiger partial charge in [-0.15, -0.1) is 0 Å². The highest BCUT2D eigenvalue weighted by atomic mass is 31.1. The molecule has 0 bridgehead atoms. The Labute approximate surface area is 196 Å². The molecule has 0 saturated carbocycles. The predicted molar refractivity (Wildman–Crippen MR) is 149 cm³/mol. The fourth-order valence-electron chi connectivity index (χ4n) is 6.14. The quantitative estimate of drug-likeness (QED) is 0.394. The fraction of sp³-hybridized carbons (Fsp3) is 0.655. The molecule has 0 heterocycles. The molecule has 0 N–H and O–H groups in total. The molecule has 174 valence electrons. The minimum Gasteiger partial charge on any atom is -0.0944 e. The molecule has 1 aliphatic rings. The average Bonchev–Trinajstić information content (AvgIpc) is 2.56. The first kappa shape index (κ1) is 26.8. The standard InChI is InChI=1S/C29H48P2/c1-25(2,3)30(26(4,5)6)22-29(31(27(7,8)9)28(10,11)12)21-17-16-20-24(29)23-18-14-13-15-19-23/h13-20H,21-22H2,1-12H3. The lowest BCUT2D eigenvalue weighted by Gasteiger charge is -2.58. The van der Waals surface area contributed by atoms with Crippen LogP contribution in [0, 0.1) is 0 Å². The Kier molecular flexibility index (Phi) is 7.84. The van der Waals surface area contributed by atoms with Crippen molar-refractivity contribution in [2.45, 2.75) is 115 Å². The lowest BCUT2D eigenvalue weighted by molar-refractivity contribution is 0.641. The highest BCUT2D eigenvalue weighted by Crippen LogP contribution is 2.76. The molecule has 1 aromatic carbocycles. The van der Waals surface area contributed by atoms with Crippen LogP contribution in [0.3, 0.4) is 0 Å². The summed E-state index contributed by atoms with van der Waals surface area (Å²) in [6.07, 6.45) is 9.72. The smallest absolute Gasteiger partial charge is 0.0244 e. The van der Waals surface area contributed by atoms with Crippen molar-refractivity contribution in [2.24, 2.45) is 0 Å². The summed E-state index contributed by atoms with van der Waals surface area (Å²) >= 11 is 0. The normalized spacial score (nSPS) is 21.0. The van der Waals surface area contributed by atoms with Gasteiger partial charge in [0.05, 0.1) is 0 Å². The monoisotopic (exact) mass is 458 g/mol. The van der Waals surface area contributed by atoms with Gasteiger partial charge in [-0.3, -0.25) is 0 Å². The van der Waals surface area contributed by atoms with Crippen molar-refractivity contribution in [3.05, 3.63) is 54.1 Å². The number of allylic oxidation sites excluding steroid dienone is 4. The lowest BCUT2D eigenvalue weighted by Crippen LogP contribution is -2.46. The van der Waals surface area contributed by atoms with E-state index in [2.05, 4.69) is 132 Å². The van der Waals surface area contributed by atoms with E-state index in [-0.39, 0.29) is 31.3 Å². The molecular weight excluding hydrogens is 410 g/mol. The number of rotatable bonds is 4. The first-order chi connectivity index (χ1) is 13.9. The summed E-state index contributed by atoms with van der Waals surface area (Å²) in [5.74, 6) is 0. The van der Waals surface area contributed by atoms with Crippen LogP contribution in [0.1, 0.15) is 95.1 Å². The summed E-state index contributed by atoms with van der Waals surface area (Å²) in [4.78, 5) is 0. The number of hydrogen-bond donors (Lipinski definition) is 0. The fourth-order valence-corrected chi connectivity index (χ4v) is 16.2. The third-order valence-corrected chi connectivity index (χ3v) is 14.7. The summed E-state index contributed by atoms with van der Waals surface area (Å²) in [6, 6.07) is 11.3. The van der Waals surface area contributed by atoms with Crippen LogP contribution in [-0.4, -0.2) is 31.9 Å². The summed E-state index contributed by atoms with van der Waals surface area (Å²) in [5.41, 5.74) is 3.01. The minimum absolute atomic E-state index is 0.189. The summed E-state index contributed by atoms with van der Waals surface area (Å²) in [7, 11) is -0.555. The Morgan fingerprint density at radius 2 is 1.19 bits per heavy atom. The van der Waals surface area contributed by atoms with Crippen molar-refractivity contribution < 1.29 is 0 Å². The van der Waals surface area contributed by atoms with Gasteiger partial charge in [0.2, 0.25) is 0 Å². The molecule has 1 aromatic rings. The minimum atomic E-state index is -0.338. The summed E-state index contributed by atoms with van der Waals surface area (Å²) < 4.78 is 0. The van der Waals surface area contributed by atoms with Gasteiger partial charge in [-0.1, -0.05) is 147 Å². The molecule has 0 saturated heterocycles. The van der Waals surface area contributed by atoms with Crippen LogP contribution in [0.2, 0.25) is 0 Å². The second-order valence-electron chi connectivity index (χ2n) is 13.2. The van der Waals surface area contributed by atoms with E-state index in [9.17, 15) is 0 Å². The van der Waals surface area contributed by atoms with Crippen LogP contribution in [0.5, 0.6) is 0 Å². The van der Waals surface area contributed by atoms with Gasteiger partial charge in [0.1, 0.15) is 0 Å². The number of benzene rings is 1. The topological polar surface area (TPSA) is 0 Å². The van der Waals surface area contributed by atoms with Crippen LogP contribution in [0.15, 0.2) is 48.6 Å². The second-order valence-corrected chi connectivity index (χ2v) is 21.3. The molecule has 1 unspecified atom stereocenters. The SMILES string of the molecule is CC(C)(C)P(CC1(P(C(C)(C)C)C(C)(C)C)CC=CC=C1c1ccccc1)C(C)(C)C. The van der Waals surface area contributed by atoms with Gasteiger partial charge < -0.3 is 0 Å². The van der Waals surface area contributed by atoms with Crippen LogP contribution in [0.4, 0.5) is 0 Å². The molecule has 0 aromatic heterocycles. The molecule has 0 spiro atoms. The zero-order chi connectivity index (χ0) is 23.9. The van der Waals surface area contributed by atoms with Crippen molar-refractivity contribution >= 4 is 21.4 Å². The van der Waals surface area contributed by atoms with Gasteiger partial charge in [-0.05, 0) is 44.3 Å². The molecule has 0 radical (unpaired) electrons. The zero-order valence-corrected chi connectivity index (χ0v) is 24.2. The maximum atomic E-state index is 2.50. The highest BCUT2D eigenvalue weighted by Gasteiger charge is 2.54. The molecule has 0 aliphatic heterocycles. The van der Waals surface area contributed by atoms with Gasteiger partial charge in [-0.25, -0.2) is 0 Å². The summed E-state index contributed by atoms with van der Waals surface area (Å²) in [5, 5.41) is 1.36. The maximum absolute atomic E-state index is 2.50. The van der Waals surface area contributed by atoms with Crippen molar-refractivity contribution in [1.29, 1.82) is 0 Å². The van der Waals surface area contributed by atoms with E-state index in [4.69, 9.17) is 0 Å². The zero-order valence-electron chi connectivity index (χ0n) is 22.4. The van der Waals surface area contributed by atoms with Gasteiger partial charge in [-0.2, -0.15) is 0 Å². The van der Waals surface area contributed by atoms with Crippen molar-refractivity contribution in [2.75, 3.05) is 6.16 Å². The van der Waals surface area contributed by atoms with Gasteiger partial charge >= 0.3 is 0 Å². The van der Waals surface area contributed by atoms with Crippen LogP contribution in [0.25, 0.3) is 5.57 Å². The van der Waals surface area contributed by atoms with Crippen LogP contribution in [-0.2, 0) is 0 Å². The highest BCUT2D eigenvalue weighted by molar-refractivity contribution is 7.66. The Bertz CT molecular complexity index is 760. The van der Waals surface area contributed by atoms with E-state index in [1.807, 2.05) is 0 Å². The molecule has 0 nitrogen and oxygen atoms in total. The van der Waals surface area contributed by atoms with E-state index in [1.54, 1.807) is 5.57 Å². The molecule has 2 heteroatoms. The molecule has 0 amide bonds. The third-order valence-electron chi connectivity index (χ3n) is 6.25. The Balaban J connectivity index is 2.85. The van der Waals surface area contributed by atoms with Crippen molar-refractivity contribution in [3.63, 3.8) is 0 Å². The molecule has 31 heavy (non-hydrogen) atoms. The molecule has 2 rings (SSSR count). The van der Waals surface area contributed by atoms with Crippen LogP contribution >= 0.6 is 15.8 Å². The third kappa shape index (κ3) is 6.12. The van der Waals surface area contributed by atoms with E-state index < -0.39 is 0 Å². The number of hydrogen-bond acceptors (Lipinski definition) is 0. The molecule has 1 aliphatic carbocycles. The lowest BCUT2D eigenvalue weighted by atomic mass is 9.87. The Morgan fingerprint density at radius 3 is 1.61 bits per heavy atom. The summed E-state index contributed by atoms with van der Waals surface area (Å²) in [6.45, 7) is 29.9. The predicted octanol–water partition coefficient (Wildman–Crippen LogP) is 9.93. The molecule has 0 fully saturated rings. The van der Waals surface area contributed by atoms with Gasteiger partial charge in [0.15, 0.2) is 0 Å². The first-order valence-corrected chi connectivity index (χ1v) is 14.8. The van der Waals surface area contributed by atoms with Crippen molar-refractivity contribution in [3.8, 4) is 0 Å². The van der Waals surface area contributed by atoms with E-state index >= 15 is 0 Å². The van der Waals surface area contributed by atoms with E-state index in [1.165, 1.54) is 18.1 Å². The Morgan fingerprint density at radius 1 is 0.710 bits per heavy atom. The van der Waals surface area contributed by atoms with Gasteiger partial charge in [0.25, 0.3) is 0 Å². The largest absolute Gasteiger partial charge is 0.0944 e. The van der Waals surface area contributed by atoms with Crippen molar-refractivity contribution in [1.82, 2.24) is 0 Å². The average molecular weight is 459 g/mol. The molecular formula is C29H48P2. The van der Waals surface area contributed by atoms with Gasteiger partial charge in [0, 0.05) is 5.16 Å². The molecule has 1 atom stereocenters. The first-order valence-electron chi connectivity index (χ1n) is 11.9. The van der Waals surface area contributed by atoms with E-state index in [0.717, 1.165) is 0 Å². The Hall–Kier alpha value is -0.440. The second kappa shape index (κ2) is 9.07. The van der Waals surface area contributed by atoms with E-state index in [0.29, 0.717) is 10.3 Å².